The van der Waals surface area contributed by atoms with Crippen LogP contribution in [0, 0.1) is 10.1 Å². The van der Waals surface area contributed by atoms with Gasteiger partial charge >= 0.3 is 5.69 Å². The van der Waals surface area contributed by atoms with Gasteiger partial charge < -0.3 is 19.5 Å². The average molecular weight is 382 g/mol. The molecule has 0 radical (unpaired) electrons. The molecule has 1 unspecified atom stereocenters. The summed E-state index contributed by atoms with van der Waals surface area (Å²) < 4.78 is 6.95. The molecule has 1 fully saturated rings. The summed E-state index contributed by atoms with van der Waals surface area (Å²) in [4.78, 5) is 29.6. The van der Waals surface area contributed by atoms with Crippen LogP contribution in [0.4, 0.5) is 5.69 Å². The quantitative estimate of drug-likeness (QED) is 0.636. The molecule has 1 amide bonds. The van der Waals surface area contributed by atoms with E-state index < -0.39 is 4.92 Å². The summed E-state index contributed by atoms with van der Waals surface area (Å²) in [6, 6.07) is 3.96. The lowest BCUT2D eigenvalue weighted by Crippen LogP contribution is -2.49. The minimum atomic E-state index is -0.533. The van der Waals surface area contributed by atoms with Crippen LogP contribution in [0.3, 0.4) is 0 Å². The molecule has 26 heavy (non-hydrogen) atoms. The van der Waals surface area contributed by atoms with E-state index in [1.165, 1.54) is 25.3 Å². The number of aromatic nitrogens is 2. The highest BCUT2D eigenvalue weighted by atomic mass is 35.5. The molecule has 1 aromatic carbocycles. The van der Waals surface area contributed by atoms with Crippen molar-refractivity contribution in [2.24, 2.45) is 7.05 Å². The van der Waals surface area contributed by atoms with Gasteiger partial charge in [0.2, 0.25) is 0 Å². The molecule has 1 N–H and O–H groups in total. The number of hydrogen-bond acceptors (Lipinski definition) is 6. The Morgan fingerprint density at radius 1 is 1.46 bits per heavy atom. The minimum Gasteiger partial charge on any atom is -0.490 e. The van der Waals surface area contributed by atoms with Crippen molar-refractivity contribution in [2.45, 2.75) is 6.04 Å². The number of carbonyl (C=O) groups is 1. The Morgan fingerprint density at radius 3 is 2.85 bits per heavy atom. The number of nitrogens with one attached hydrogen (secondary N) is 1. The van der Waals surface area contributed by atoms with Gasteiger partial charge in [-0.1, -0.05) is 0 Å². The van der Waals surface area contributed by atoms with E-state index in [-0.39, 0.29) is 35.8 Å². The van der Waals surface area contributed by atoms with E-state index in [0.717, 1.165) is 5.82 Å². The van der Waals surface area contributed by atoms with Gasteiger partial charge in [0, 0.05) is 56.8 Å². The summed E-state index contributed by atoms with van der Waals surface area (Å²) in [5, 5.41) is 14.3. The third-order valence-corrected chi connectivity index (χ3v) is 4.28. The highest BCUT2D eigenvalue weighted by Crippen LogP contribution is 2.29. The molecule has 2 aromatic rings. The van der Waals surface area contributed by atoms with Gasteiger partial charge in [-0.05, 0) is 6.07 Å². The number of nitro benzene ring substituents is 1. The van der Waals surface area contributed by atoms with Crippen LogP contribution in [0.1, 0.15) is 22.2 Å². The maximum atomic E-state index is 13.0. The Morgan fingerprint density at radius 2 is 2.23 bits per heavy atom. The topological polar surface area (TPSA) is 103 Å². The lowest BCUT2D eigenvalue weighted by atomic mass is 10.1. The molecule has 2 heterocycles. The fraction of sp³-hybridized carbons (Fsp3) is 0.375. The smallest absolute Gasteiger partial charge is 0.310 e. The Bertz CT molecular complexity index is 810. The van der Waals surface area contributed by atoms with Crippen molar-refractivity contribution in [1.29, 1.82) is 0 Å². The number of ether oxygens (including phenoxy) is 1. The fourth-order valence-electron chi connectivity index (χ4n) is 3.00. The largest absolute Gasteiger partial charge is 0.490 e. The molecule has 3 rings (SSSR count). The molecule has 1 atom stereocenters. The highest BCUT2D eigenvalue weighted by molar-refractivity contribution is 5.95. The number of hydrogen-bond donors (Lipinski definition) is 1. The van der Waals surface area contributed by atoms with Crippen LogP contribution in [0.25, 0.3) is 0 Å². The zero-order chi connectivity index (χ0) is 18.0. The first kappa shape index (κ1) is 19.7. The minimum absolute atomic E-state index is 0. The highest BCUT2D eigenvalue weighted by Gasteiger charge is 2.31. The number of amides is 1. The number of halogens is 1. The molecule has 9 nitrogen and oxygen atoms in total. The van der Waals surface area contributed by atoms with E-state index in [4.69, 9.17) is 4.74 Å². The summed E-state index contributed by atoms with van der Waals surface area (Å²) >= 11 is 0. The number of carbonyl (C=O) groups excluding carboxylic acids is 1. The van der Waals surface area contributed by atoms with Crippen molar-refractivity contribution in [3.8, 4) is 5.75 Å². The number of rotatable bonds is 4. The van der Waals surface area contributed by atoms with Crippen LogP contribution in [0.5, 0.6) is 5.75 Å². The molecule has 0 aliphatic carbocycles. The van der Waals surface area contributed by atoms with Gasteiger partial charge in [0.25, 0.3) is 5.91 Å². The predicted octanol–water partition coefficient (Wildman–Crippen LogP) is 1.55. The van der Waals surface area contributed by atoms with E-state index >= 15 is 0 Å². The molecule has 1 aliphatic heterocycles. The maximum Gasteiger partial charge on any atom is 0.310 e. The van der Waals surface area contributed by atoms with Gasteiger partial charge in [0.15, 0.2) is 5.75 Å². The van der Waals surface area contributed by atoms with Crippen molar-refractivity contribution < 1.29 is 14.5 Å². The Balaban J connectivity index is 0.00000243. The zero-order valence-electron chi connectivity index (χ0n) is 14.4. The summed E-state index contributed by atoms with van der Waals surface area (Å²) in [7, 11) is 3.23. The van der Waals surface area contributed by atoms with E-state index in [1.54, 1.807) is 11.1 Å². The van der Waals surface area contributed by atoms with Crippen LogP contribution in [0.2, 0.25) is 0 Å². The maximum absolute atomic E-state index is 13.0. The second-order valence-electron chi connectivity index (χ2n) is 5.76. The molecule has 140 valence electrons. The van der Waals surface area contributed by atoms with Crippen LogP contribution in [-0.2, 0) is 7.05 Å². The molecular weight excluding hydrogens is 362 g/mol. The second kappa shape index (κ2) is 8.15. The van der Waals surface area contributed by atoms with Crippen LogP contribution in [-0.4, -0.2) is 52.0 Å². The molecule has 0 saturated carbocycles. The lowest BCUT2D eigenvalue weighted by Gasteiger charge is -2.35. The van der Waals surface area contributed by atoms with Crippen molar-refractivity contribution in [3.63, 3.8) is 0 Å². The number of nitro groups is 1. The van der Waals surface area contributed by atoms with E-state index in [1.807, 2.05) is 17.8 Å². The first-order valence-corrected chi connectivity index (χ1v) is 7.84. The Kier molecular flexibility index (Phi) is 6.17. The predicted molar refractivity (Wildman–Crippen MR) is 96.8 cm³/mol. The molecule has 1 aromatic heterocycles. The van der Waals surface area contributed by atoms with Crippen molar-refractivity contribution in [1.82, 2.24) is 19.8 Å². The number of nitrogens with zero attached hydrogens (tertiary/aromatic N) is 4. The number of aryl methyl sites for hydroxylation is 1. The number of piperazine rings is 1. The second-order valence-corrected chi connectivity index (χ2v) is 5.76. The van der Waals surface area contributed by atoms with Crippen LogP contribution < -0.4 is 10.1 Å². The van der Waals surface area contributed by atoms with E-state index in [0.29, 0.717) is 25.2 Å². The van der Waals surface area contributed by atoms with Gasteiger partial charge in [-0.15, -0.1) is 12.4 Å². The third-order valence-electron chi connectivity index (χ3n) is 4.28. The van der Waals surface area contributed by atoms with Crippen LogP contribution in [0.15, 0.2) is 30.6 Å². The standard InChI is InChI=1S/C16H19N5O4.ClH/c1-19-7-6-18-15(19)13-10-17-5-8-20(13)16(22)11-3-4-12(21(23)24)14(9-11)25-2;/h3-4,6-7,9,13,17H,5,8,10H2,1-2H3;1H. The van der Waals surface area contributed by atoms with Gasteiger partial charge in [-0.3, -0.25) is 14.9 Å². The van der Waals surface area contributed by atoms with Crippen molar-refractivity contribution >= 4 is 24.0 Å². The summed E-state index contributed by atoms with van der Waals surface area (Å²) in [5.74, 6) is 0.650. The number of benzene rings is 1. The molecular formula is C16H20ClN5O4. The molecule has 10 heteroatoms. The monoisotopic (exact) mass is 381 g/mol. The zero-order valence-corrected chi connectivity index (χ0v) is 15.2. The summed E-state index contributed by atoms with van der Waals surface area (Å²) in [6.07, 6.45) is 3.53. The average Bonchev–Trinajstić information content (AvgIpc) is 3.06. The number of methoxy groups -OCH3 is 1. The van der Waals surface area contributed by atoms with Crippen LogP contribution >= 0.6 is 12.4 Å². The molecule has 0 spiro atoms. The van der Waals surface area contributed by atoms with Gasteiger partial charge in [-0.25, -0.2) is 4.98 Å². The lowest BCUT2D eigenvalue weighted by molar-refractivity contribution is -0.385. The van der Waals surface area contributed by atoms with Gasteiger partial charge in [-0.2, -0.15) is 0 Å². The normalized spacial score (nSPS) is 16.7. The Hall–Kier alpha value is -2.65. The first-order chi connectivity index (χ1) is 12.0. The third kappa shape index (κ3) is 3.63. The first-order valence-electron chi connectivity index (χ1n) is 7.84. The van der Waals surface area contributed by atoms with Gasteiger partial charge in [0.05, 0.1) is 12.0 Å². The summed E-state index contributed by atoms with van der Waals surface area (Å²) in [5.41, 5.74) is 0.184. The van der Waals surface area contributed by atoms with Crippen molar-refractivity contribution in [2.75, 3.05) is 26.7 Å². The van der Waals surface area contributed by atoms with E-state index in [2.05, 4.69) is 10.3 Å². The molecule has 1 saturated heterocycles. The fourth-order valence-corrected chi connectivity index (χ4v) is 3.00. The van der Waals surface area contributed by atoms with Gasteiger partial charge in [0.1, 0.15) is 11.9 Å². The molecule has 0 bridgehead atoms. The molecule has 1 aliphatic rings. The van der Waals surface area contributed by atoms with Crippen molar-refractivity contribution in [3.05, 3.63) is 52.1 Å². The number of imidazole rings is 1. The summed E-state index contributed by atoms with van der Waals surface area (Å²) in [6.45, 7) is 1.80. The van der Waals surface area contributed by atoms with E-state index in [9.17, 15) is 14.9 Å². The SMILES string of the molecule is COc1cc(C(=O)N2CCNCC2c2nccn2C)ccc1[N+](=O)[O-].Cl. The Labute approximate surface area is 156 Å².